The average molecular weight is 331 g/mol. The zero-order chi connectivity index (χ0) is 16.4. The summed E-state index contributed by atoms with van der Waals surface area (Å²) in [6.07, 6.45) is 4.02. The summed E-state index contributed by atoms with van der Waals surface area (Å²) in [6, 6.07) is 3.60. The van der Waals surface area contributed by atoms with Crippen LogP contribution in [0.25, 0.3) is 4.96 Å². The van der Waals surface area contributed by atoms with Gasteiger partial charge in [-0.1, -0.05) is 0 Å². The van der Waals surface area contributed by atoms with E-state index >= 15 is 0 Å². The molecule has 0 bridgehead atoms. The number of nitrogens with zero attached hydrogens (tertiary/aromatic N) is 2. The Balaban J connectivity index is 1.75. The number of imidazole rings is 1. The minimum Gasteiger partial charge on any atom is -0.493 e. The monoisotopic (exact) mass is 331 g/mol. The van der Waals surface area contributed by atoms with Crippen LogP contribution >= 0.6 is 11.3 Å². The van der Waals surface area contributed by atoms with Crippen LogP contribution in [0, 0.1) is 6.92 Å². The third kappa shape index (κ3) is 3.14. The minimum atomic E-state index is -0.119. The van der Waals surface area contributed by atoms with Gasteiger partial charge in [0.05, 0.1) is 26.3 Å². The number of thiazole rings is 1. The van der Waals surface area contributed by atoms with Crippen LogP contribution in [-0.4, -0.2) is 29.5 Å². The summed E-state index contributed by atoms with van der Waals surface area (Å²) in [5, 5.41) is 4.86. The second-order valence-corrected chi connectivity index (χ2v) is 5.95. The molecule has 0 spiro atoms. The van der Waals surface area contributed by atoms with Crippen molar-refractivity contribution in [1.29, 1.82) is 0 Å². The highest BCUT2D eigenvalue weighted by Crippen LogP contribution is 2.32. The van der Waals surface area contributed by atoms with Crippen molar-refractivity contribution in [2.24, 2.45) is 0 Å². The number of carbonyl (C=O) groups is 1. The van der Waals surface area contributed by atoms with Gasteiger partial charge in [-0.25, -0.2) is 4.98 Å². The molecule has 0 atom stereocenters. The Hall–Kier alpha value is -2.54. The molecular weight excluding hydrogens is 314 g/mol. The van der Waals surface area contributed by atoms with Crippen LogP contribution in [0.3, 0.4) is 0 Å². The Labute approximate surface area is 137 Å². The fourth-order valence-electron chi connectivity index (χ4n) is 2.34. The number of aryl methyl sites for hydroxylation is 1. The molecule has 1 aromatic carbocycles. The summed E-state index contributed by atoms with van der Waals surface area (Å²) in [6.45, 7) is 1.91. The van der Waals surface area contributed by atoms with E-state index in [-0.39, 0.29) is 12.3 Å². The zero-order valence-electron chi connectivity index (χ0n) is 13.1. The van der Waals surface area contributed by atoms with Crippen molar-refractivity contribution in [3.63, 3.8) is 0 Å². The summed E-state index contributed by atoms with van der Waals surface area (Å²) in [5.41, 5.74) is 2.35. The molecule has 23 heavy (non-hydrogen) atoms. The predicted molar refractivity (Wildman–Crippen MR) is 89.7 cm³/mol. The van der Waals surface area contributed by atoms with E-state index in [4.69, 9.17) is 9.47 Å². The Morgan fingerprint density at radius 2 is 2.04 bits per heavy atom. The quantitative estimate of drug-likeness (QED) is 0.781. The van der Waals surface area contributed by atoms with Gasteiger partial charge in [-0.3, -0.25) is 9.20 Å². The topological polar surface area (TPSA) is 64.9 Å². The molecule has 0 aliphatic carbocycles. The lowest BCUT2D eigenvalue weighted by atomic mass is 10.1. The third-order valence-corrected chi connectivity index (χ3v) is 4.26. The van der Waals surface area contributed by atoms with Crippen LogP contribution in [0.4, 0.5) is 5.69 Å². The summed E-state index contributed by atoms with van der Waals surface area (Å²) >= 11 is 1.54. The maximum atomic E-state index is 12.3. The summed E-state index contributed by atoms with van der Waals surface area (Å²) in [7, 11) is 3.15. The van der Waals surface area contributed by atoms with Gasteiger partial charge < -0.3 is 14.8 Å². The van der Waals surface area contributed by atoms with Gasteiger partial charge in [0, 0.05) is 29.5 Å². The van der Waals surface area contributed by atoms with Crippen LogP contribution in [0.2, 0.25) is 0 Å². The van der Waals surface area contributed by atoms with Gasteiger partial charge in [-0.2, -0.15) is 0 Å². The van der Waals surface area contributed by atoms with Crippen molar-refractivity contribution in [2.45, 2.75) is 13.3 Å². The average Bonchev–Trinajstić information content (AvgIpc) is 3.09. The fourth-order valence-corrected chi connectivity index (χ4v) is 3.05. The van der Waals surface area contributed by atoms with Gasteiger partial charge in [0.1, 0.15) is 0 Å². The molecule has 0 saturated carbocycles. The first-order chi connectivity index (χ1) is 11.1. The largest absolute Gasteiger partial charge is 0.493 e. The second-order valence-electron chi connectivity index (χ2n) is 5.07. The molecule has 2 heterocycles. The molecule has 0 saturated heterocycles. The lowest BCUT2D eigenvalue weighted by Crippen LogP contribution is -2.15. The molecule has 120 valence electrons. The van der Waals surface area contributed by atoms with Crippen LogP contribution < -0.4 is 14.8 Å². The number of hydrogen-bond acceptors (Lipinski definition) is 5. The number of carbonyl (C=O) groups excluding carboxylic acids is 1. The molecule has 0 fully saturated rings. The summed E-state index contributed by atoms with van der Waals surface area (Å²) in [5.74, 6) is 1.10. The molecule has 0 aliphatic rings. The lowest BCUT2D eigenvalue weighted by Gasteiger charge is -2.13. The molecule has 0 aliphatic heterocycles. The molecule has 0 radical (unpaired) electrons. The van der Waals surface area contributed by atoms with Crippen molar-refractivity contribution in [3.05, 3.63) is 41.2 Å². The number of ether oxygens (including phenoxy) is 2. The van der Waals surface area contributed by atoms with E-state index in [9.17, 15) is 4.79 Å². The number of fused-ring (bicyclic) bond motifs is 1. The number of anilines is 1. The third-order valence-electron chi connectivity index (χ3n) is 3.49. The molecule has 0 unspecified atom stereocenters. The van der Waals surface area contributed by atoms with Gasteiger partial charge in [0.15, 0.2) is 16.5 Å². The van der Waals surface area contributed by atoms with Crippen LogP contribution in [-0.2, 0) is 11.2 Å². The van der Waals surface area contributed by atoms with Crippen LogP contribution in [0.5, 0.6) is 11.5 Å². The zero-order valence-corrected chi connectivity index (χ0v) is 13.9. The highest BCUT2D eigenvalue weighted by atomic mass is 32.1. The number of benzene rings is 1. The molecule has 3 rings (SSSR count). The fraction of sp³-hybridized carbons (Fsp3) is 0.250. The molecular formula is C16H17N3O3S. The maximum absolute atomic E-state index is 12.3. The SMILES string of the molecule is COc1cc(C)c(NC(=O)Cc2cn3ccsc3n2)cc1OC. The minimum absolute atomic E-state index is 0.119. The number of amides is 1. The summed E-state index contributed by atoms with van der Waals surface area (Å²) < 4.78 is 12.4. The van der Waals surface area contributed by atoms with Crippen molar-refractivity contribution in [2.75, 3.05) is 19.5 Å². The first-order valence-corrected chi connectivity index (χ1v) is 7.92. The van der Waals surface area contributed by atoms with Gasteiger partial charge in [0.2, 0.25) is 5.91 Å². The van der Waals surface area contributed by atoms with E-state index in [1.165, 1.54) is 0 Å². The second kappa shape index (κ2) is 6.29. The van der Waals surface area contributed by atoms with Gasteiger partial charge in [-0.05, 0) is 18.6 Å². The number of hydrogen-bond donors (Lipinski definition) is 1. The Morgan fingerprint density at radius 1 is 1.30 bits per heavy atom. The highest BCUT2D eigenvalue weighted by Gasteiger charge is 2.13. The van der Waals surface area contributed by atoms with E-state index in [0.29, 0.717) is 17.2 Å². The smallest absolute Gasteiger partial charge is 0.230 e. The lowest BCUT2D eigenvalue weighted by molar-refractivity contribution is -0.115. The van der Waals surface area contributed by atoms with E-state index in [1.807, 2.05) is 35.2 Å². The molecule has 6 nitrogen and oxygen atoms in total. The van der Waals surface area contributed by atoms with E-state index in [2.05, 4.69) is 10.3 Å². The van der Waals surface area contributed by atoms with Crippen molar-refractivity contribution < 1.29 is 14.3 Å². The van der Waals surface area contributed by atoms with Crippen molar-refractivity contribution >= 4 is 27.9 Å². The predicted octanol–water partition coefficient (Wildman–Crippen LogP) is 2.90. The van der Waals surface area contributed by atoms with Crippen LogP contribution in [0.15, 0.2) is 29.9 Å². The number of rotatable bonds is 5. The Morgan fingerprint density at radius 3 is 2.74 bits per heavy atom. The Kier molecular flexibility index (Phi) is 4.20. The maximum Gasteiger partial charge on any atom is 0.230 e. The van der Waals surface area contributed by atoms with E-state index in [1.54, 1.807) is 31.6 Å². The molecule has 2 aromatic heterocycles. The summed E-state index contributed by atoms with van der Waals surface area (Å²) in [4.78, 5) is 17.6. The molecule has 1 N–H and O–H groups in total. The first kappa shape index (κ1) is 15.4. The molecule has 7 heteroatoms. The van der Waals surface area contributed by atoms with Gasteiger partial charge in [0.25, 0.3) is 0 Å². The van der Waals surface area contributed by atoms with Gasteiger partial charge >= 0.3 is 0 Å². The number of aromatic nitrogens is 2. The standard InChI is InChI=1S/C16H17N3O3S/c1-10-6-13(21-2)14(22-3)8-12(10)18-15(20)7-11-9-19-4-5-23-16(19)17-11/h4-6,8-9H,7H2,1-3H3,(H,18,20). The number of nitrogens with one attached hydrogen (secondary N) is 1. The van der Waals surface area contributed by atoms with Crippen LogP contribution in [0.1, 0.15) is 11.3 Å². The highest BCUT2D eigenvalue weighted by molar-refractivity contribution is 7.15. The normalized spacial score (nSPS) is 10.7. The van der Waals surface area contributed by atoms with Crippen molar-refractivity contribution in [3.8, 4) is 11.5 Å². The van der Waals surface area contributed by atoms with Crippen molar-refractivity contribution in [1.82, 2.24) is 9.38 Å². The molecule has 1 amide bonds. The van der Waals surface area contributed by atoms with E-state index < -0.39 is 0 Å². The van der Waals surface area contributed by atoms with Gasteiger partial charge in [-0.15, -0.1) is 11.3 Å². The molecule has 3 aromatic rings. The first-order valence-electron chi connectivity index (χ1n) is 7.04. The Bertz CT molecular complexity index is 825. The van der Waals surface area contributed by atoms with E-state index in [0.717, 1.165) is 16.2 Å². The number of methoxy groups -OCH3 is 2.